The highest BCUT2D eigenvalue weighted by atomic mass is 32.2. The van der Waals surface area contributed by atoms with Gasteiger partial charge in [0.2, 0.25) is 0 Å². The van der Waals surface area contributed by atoms with Crippen molar-refractivity contribution < 1.29 is 0 Å². The number of nitrogens with two attached hydrogens (primary N) is 1. The van der Waals surface area contributed by atoms with E-state index in [0.29, 0.717) is 5.92 Å². The average molecular weight is 206 g/mol. The standard InChI is InChI=1S/C11H14N2S/c1-7(2)10-5-9(14-6-12)4-8(3)11(10)13/h4-5,7H,13H2,1-3H3. The zero-order chi connectivity index (χ0) is 10.7. The molecule has 2 N–H and O–H groups in total. The Kier molecular flexibility index (Phi) is 3.43. The van der Waals surface area contributed by atoms with Crippen LogP contribution in [0.1, 0.15) is 30.9 Å². The lowest BCUT2D eigenvalue weighted by Gasteiger charge is -2.12. The van der Waals surface area contributed by atoms with Crippen molar-refractivity contribution in [2.45, 2.75) is 31.6 Å². The minimum atomic E-state index is 0.396. The lowest BCUT2D eigenvalue weighted by atomic mass is 9.99. The molecule has 0 aliphatic rings. The second-order valence-electron chi connectivity index (χ2n) is 3.59. The largest absolute Gasteiger partial charge is 0.398 e. The van der Waals surface area contributed by atoms with E-state index in [1.165, 1.54) is 11.8 Å². The van der Waals surface area contributed by atoms with Gasteiger partial charge in [-0.15, -0.1) is 0 Å². The van der Waals surface area contributed by atoms with E-state index in [1.807, 2.05) is 19.1 Å². The normalized spacial score (nSPS) is 10.2. The summed E-state index contributed by atoms with van der Waals surface area (Å²) in [7, 11) is 0. The van der Waals surface area contributed by atoms with E-state index in [2.05, 4.69) is 19.2 Å². The fourth-order valence-corrected chi connectivity index (χ4v) is 1.91. The van der Waals surface area contributed by atoms with Crippen LogP contribution < -0.4 is 5.73 Å². The quantitative estimate of drug-likeness (QED) is 0.459. The maximum atomic E-state index is 8.59. The van der Waals surface area contributed by atoms with Gasteiger partial charge in [0.25, 0.3) is 0 Å². The lowest BCUT2D eigenvalue weighted by Crippen LogP contribution is -1.99. The van der Waals surface area contributed by atoms with E-state index in [9.17, 15) is 0 Å². The van der Waals surface area contributed by atoms with E-state index in [-0.39, 0.29) is 0 Å². The number of hydrogen-bond acceptors (Lipinski definition) is 3. The number of nitriles is 1. The number of hydrogen-bond donors (Lipinski definition) is 1. The van der Waals surface area contributed by atoms with Crippen molar-refractivity contribution in [1.29, 1.82) is 5.26 Å². The Balaban J connectivity index is 3.22. The number of nitrogen functional groups attached to an aromatic ring is 1. The zero-order valence-electron chi connectivity index (χ0n) is 8.66. The van der Waals surface area contributed by atoms with Crippen LogP contribution in [0.4, 0.5) is 5.69 Å². The molecule has 0 radical (unpaired) electrons. The second kappa shape index (κ2) is 4.39. The van der Waals surface area contributed by atoms with Gasteiger partial charge in [0.1, 0.15) is 5.40 Å². The Hall–Kier alpha value is -1.14. The first-order chi connectivity index (χ1) is 6.56. The molecule has 0 saturated heterocycles. The monoisotopic (exact) mass is 206 g/mol. The molecule has 3 heteroatoms. The minimum absolute atomic E-state index is 0.396. The molecule has 74 valence electrons. The van der Waals surface area contributed by atoms with Crippen LogP contribution in [0, 0.1) is 17.6 Å². The third-order valence-corrected chi connectivity index (χ3v) is 2.74. The van der Waals surface area contributed by atoms with Crippen LogP contribution in [0.15, 0.2) is 17.0 Å². The fraction of sp³-hybridized carbons (Fsp3) is 0.364. The summed E-state index contributed by atoms with van der Waals surface area (Å²) < 4.78 is 0. The number of nitrogens with zero attached hydrogens (tertiary/aromatic N) is 1. The maximum Gasteiger partial charge on any atom is 0.138 e. The van der Waals surface area contributed by atoms with Crippen molar-refractivity contribution in [3.8, 4) is 5.40 Å². The van der Waals surface area contributed by atoms with E-state index >= 15 is 0 Å². The van der Waals surface area contributed by atoms with Crippen LogP contribution in [-0.4, -0.2) is 0 Å². The SMILES string of the molecule is Cc1cc(SC#N)cc(C(C)C)c1N. The molecule has 0 aliphatic carbocycles. The van der Waals surface area contributed by atoms with Crippen molar-refractivity contribution in [2.75, 3.05) is 5.73 Å². The number of rotatable bonds is 2. The Morgan fingerprint density at radius 2 is 2.07 bits per heavy atom. The number of thiocyanates is 1. The molecule has 0 unspecified atom stereocenters. The fourth-order valence-electron chi connectivity index (χ4n) is 1.38. The van der Waals surface area contributed by atoms with Gasteiger partial charge in [-0.2, -0.15) is 5.26 Å². The molecule has 1 aromatic rings. The molecule has 1 rings (SSSR count). The molecule has 0 aromatic heterocycles. The highest BCUT2D eigenvalue weighted by Crippen LogP contribution is 2.30. The number of benzene rings is 1. The van der Waals surface area contributed by atoms with Crippen LogP contribution in [0.2, 0.25) is 0 Å². The first kappa shape index (κ1) is 10.9. The molecule has 0 atom stereocenters. The molecule has 14 heavy (non-hydrogen) atoms. The van der Waals surface area contributed by atoms with Crippen molar-refractivity contribution in [2.24, 2.45) is 0 Å². The molecule has 0 saturated carbocycles. The number of anilines is 1. The Labute approximate surface area is 89.1 Å². The van der Waals surface area contributed by atoms with Crippen molar-refractivity contribution in [3.63, 3.8) is 0 Å². The first-order valence-electron chi connectivity index (χ1n) is 4.52. The molecule has 0 spiro atoms. The zero-order valence-corrected chi connectivity index (χ0v) is 9.48. The van der Waals surface area contributed by atoms with Gasteiger partial charge in [-0.05, 0) is 47.9 Å². The van der Waals surface area contributed by atoms with E-state index in [1.54, 1.807) is 0 Å². The van der Waals surface area contributed by atoms with Gasteiger partial charge < -0.3 is 5.73 Å². The van der Waals surface area contributed by atoms with Crippen molar-refractivity contribution >= 4 is 17.4 Å². The van der Waals surface area contributed by atoms with Crippen LogP contribution in [0.3, 0.4) is 0 Å². The van der Waals surface area contributed by atoms with Gasteiger partial charge in [-0.25, -0.2) is 0 Å². The lowest BCUT2D eigenvalue weighted by molar-refractivity contribution is 0.864. The van der Waals surface area contributed by atoms with Crippen LogP contribution in [-0.2, 0) is 0 Å². The van der Waals surface area contributed by atoms with Gasteiger partial charge in [-0.1, -0.05) is 13.8 Å². The maximum absolute atomic E-state index is 8.59. The topological polar surface area (TPSA) is 49.8 Å². The number of aryl methyl sites for hydroxylation is 1. The van der Waals surface area contributed by atoms with Crippen LogP contribution >= 0.6 is 11.8 Å². The van der Waals surface area contributed by atoms with Gasteiger partial charge >= 0.3 is 0 Å². The van der Waals surface area contributed by atoms with E-state index in [0.717, 1.165) is 21.7 Å². The molecule has 0 bridgehead atoms. The predicted octanol–water partition coefficient (Wildman–Crippen LogP) is 3.27. The van der Waals surface area contributed by atoms with E-state index < -0.39 is 0 Å². The Morgan fingerprint density at radius 1 is 1.43 bits per heavy atom. The summed E-state index contributed by atoms with van der Waals surface area (Å²) in [6.45, 7) is 6.18. The summed E-state index contributed by atoms with van der Waals surface area (Å²) in [5.74, 6) is 0.396. The molecular formula is C11H14N2S. The molecule has 0 fully saturated rings. The molecule has 1 aromatic carbocycles. The summed E-state index contributed by atoms with van der Waals surface area (Å²) in [5, 5.41) is 10.7. The summed E-state index contributed by atoms with van der Waals surface area (Å²) in [6, 6.07) is 3.95. The summed E-state index contributed by atoms with van der Waals surface area (Å²) in [5.41, 5.74) is 8.98. The molecule has 0 amide bonds. The molecule has 0 heterocycles. The summed E-state index contributed by atoms with van der Waals surface area (Å²) >= 11 is 1.18. The van der Waals surface area contributed by atoms with Crippen molar-refractivity contribution in [3.05, 3.63) is 23.3 Å². The molecular weight excluding hydrogens is 192 g/mol. The van der Waals surface area contributed by atoms with Gasteiger partial charge in [0.05, 0.1) is 0 Å². The predicted molar refractivity (Wildman–Crippen MR) is 61.2 cm³/mol. The molecule has 2 nitrogen and oxygen atoms in total. The van der Waals surface area contributed by atoms with E-state index in [4.69, 9.17) is 11.0 Å². The highest BCUT2D eigenvalue weighted by Gasteiger charge is 2.08. The van der Waals surface area contributed by atoms with Crippen LogP contribution in [0.5, 0.6) is 0 Å². The Morgan fingerprint density at radius 3 is 2.57 bits per heavy atom. The number of thioether (sulfide) groups is 1. The Bertz CT molecular complexity index is 378. The van der Waals surface area contributed by atoms with Crippen molar-refractivity contribution in [1.82, 2.24) is 0 Å². The van der Waals surface area contributed by atoms with Gasteiger partial charge in [0, 0.05) is 10.6 Å². The molecule has 0 aliphatic heterocycles. The van der Waals surface area contributed by atoms with Crippen LogP contribution in [0.25, 0.3) is 0 Å². The third-order valence-electron chi connectivity index (χ3n) is 2.18. The van der Waals surface area contributed by atoms with Gasteiger partial charge in [-0.3, -0.25) is 0 Å². The highest BCUT2D eigenvalue weighted by molar-refractivity contribution is 8.03. The first-order valence-corrected chi connectivity index (χ1v) is 5.34. The average Bonchev–Trinajstić information content (AvgIpc) is 2.11. The smallest absolute Gasteiger partial charge is 0.138 e. The summed E-state index contributed by atoms with van der Waals surface area (Å²) in [4.78, 5) is 0.975. The van der Waals surface area contributed by atoms with Gasteiger partial charge in [0.15, 0.2) is 0 Å². The third kappa shape index (κ3) is 2.21. The minimum Gasteiger partial charge on any atom is -0.398 e. The second-order valence-corrected chi connectivity index (χ2v) is 4.45. The summed E-state index contributed by atoms with van der Waals surface area (Å²) in [6.07, 6.45) is 0.